The lowest BCUT2D eigenvalue weighted by Gasteiger charge is -2.33. The van der Waals surface area contributed by atoms with Gasteiger partial charge in [-0.2, -0.15) is 0 Å². The fourth-order valence-electron chi connectivity index (χ4n) is 4.22. The second kappa shape index (κ2) is 3.92. The quantitative estimate of drug-likeness (QED) is 0.795. The Hall–Kier alpha value is -2.29. The van der Waals surface area contributed by atoms with Crippen molar-refractivity contribution in [2.45, 2.75) is 32.4 Å². The van der Waals surface area contributed by atoms with Crippen LogP contribution >= 0.6 is 0 Å². The van der Waals surface area contributed by atoms with Crippen molar-refractivity contribution in [2.24, 2.45) is 0 Å². The number of nitrogens with zero attached hydrogens (tertiary/aromatic N) is 3. The molecule has 0 saturated carbocycles. The monoisotopic (exact) mass is 289 g/mol. The number of anilines is 1. The van der Waals surface area contributed by atoms with Gasteiger partial charge in [-0.1, -0.05) is 26.0 Å². The van der Waals surface area contributed by atoms with Gasteiger partial charge in [0.05, 0.1) is 17.1 Å². The van der Waals surface area contributed by atoms with Crippen LogP contribution in [0.15, 0.2) is 36.7 Å². The first kappa shape index (κ1) is 12.3. The number of pyridine rings is 1. The topological polar surface area (TPSA) is 19.4 Å². The molecule has 3 heteroatoms. The summed E-state index contributed by atoms with van der Waals surface area (Å²) in [6.45, 7) is 4.55. The van der Waals surface area contributed by atoms with Crippen LogP contribution in [0.4, 0.5) is 5.69 Å². The minimum Gasteiger partial charge on any atom is -0.358 e. The lowest BCUT2D eigenvalue weighted by molar-refractivity contribution is 0.369. The Morgan fingerprint density at radius 1 is 1.23 bits per heavy atom. The third-order valence-electron chi connectivity index (χ3n) is 5.23. The maximum absolute atomic E-state index is 4.76. The Morgan fingerprint density at radius 3 is 2.91 bits per heavy atom. The molecule has 0 aliphatic carbocycles. The van der Waals surface area contributed by atoms with Gasteiger partial charge in [0.25, 0.3) is 0 Å². The van der Waals surface area contributed by atoms with Gasteiger partial charge in [-0.05, 0) is 29.2 Å². The predicted molar refractivity (Wildman–Crippen MR) is 89.5 cm³/mol. The van der Waals surface area contributed by atoms with E-state index in [1.165, 1.54) is 33.6 Å². The molecule has 4 heterocycles. The molecule has 110 valence electrons. The summed E-state index contributed by atoms with van der Waals surface area (Å²) in [5.74, 6) is 0.500. The second-order valence-electron chi connectivity index (χ2n) is 6.83. The van der Waals surface area contributed by atoms with Gasteiger partial charge in [0.2, 0.25) is 0 Å². The molecule has 0 bridgehead atoms. The number of aromatic nitrogens is 1. The molecule has 1 unspecified atom stereocenters. The maximum atomic E-state index is 4.76. The molecule has 2 aromatic rings. The highest BCUT2D eigenvalue weighted by molar-refractivity contribution is 6.02. The van der Waals surface area contributed by atoms with Crippen molar-refractivity contribution in [1.29, 1.82) is 0 Å². The third kappa shape index (κ3) is 1.30. The van der Waals surface area contributed by atoms with Crippen LogP contribution in [-0.4, -0.2) is 23.1 Å². The van der Waals surface area contributed by atoms with Crippen LogP contribution < -0.4 is 4.90 Å². The van der Waals surface area contributed by atoms with E-state index in [0.29, 0.717) is 12.1 Å². The highest BCUT2D eigenvalue weighted by atomic mass is 15.4. The smallest absolute Gasteiger partial charge is 0.110 e. The summed E-state index contributed by atoms with van der Waals surface area (Å²) in [6, 6.07) is 8.90. The van der Waals surface area contributed by atoms with E-state index in [-0.39, 0.29) is 0 Å². The van der Waals surface area contributed by atoms with Gasteiger partial charge in [-0.25, -0.2) is 0 Å². The van der Waals surface area contributed by atoms with Crippen LogP contribution in [0.1, 0.15) is 36.5 Å². The molecule has 1 aromatic carbocycles. The first-order chi connectivity index (χ1) is 10.7. The van der Waals surface area contributed by atoms with E-state index >= 15 is 0 Å². The summed E-state index contributed by atoms with van der Waals surface area (Å²) in [7, 11) is 2.18. The molecule has 3 aliphatic rings. The molecule has 22 heavy (non-hydrogen) atoms. The van der Waals surface area contributed by atoms with Crippen LogP contribution in [0.25, 0.3) is 17.0 Å². The van der Waals surface area contributed by atoms with E-state index in [4.69, 9.17) is 4.98 Å². The van der Waals surface area contributed by atoms with Crippen molar-refractivity contribution in [3.63, 3.8) is 0 Å². The van der Waals surface area contributed by atoms with Crippen LogP contribution in [0.3, 0.4) is 0 Å². The Bertz CT molecular complexity index is 835. The molecule has 0 saturated heterocycles. The molecule has 0 radical (unpaired) electrons. The van der Waals surface area contributed by atoms with Gasteiger partial charge in [0.15, 0.2) is 0 Å². The molecule has 1 aromatic heterocycles. The van der Waals surface area contributed by atoms with Gasteiger partial charge in [0.1, 0.15) is 6.17 Å². The van der Waals surface area contributed by atoms with E-state index in [0.717, 1.165) is 12.1 Å². The largest absolute Gasteiger partial charge is 0.358 e. The molecule has 0 spiro atoms. The molecule has 0 amide bonds. The highest BCUT2D eigenvalue weighted by Crippen LogP contribution is 2.54. The summed E-state index contributed by atoms with van der Waals surface area (Å²) in [6.07, 6.45) is 5.72. The molecule has 3 nitrogen and oxygen atoms in total. The minimum atomic E-state index is 0.430. The third-order valence-corrected chi connectivity index (χ3v) is 5.23. The first-order valence-electron chi connectivity index (χ1n) is 8.01. The molecule has 3 aliphatic heterocycles. The highest BCUT2D eigenvalue weighted by Gasteiger charge is 2.44. The van der Waals surface area contributed by atoms with Crippen molar-refractivity contribution >= 4 is 11.4 Å². The first-order valence-corrected chi connectivity index (χ1v) is 8.01. The van der Waals surface area contributed by atoms with Crippen molar-refractivity contribution in [1.82, 2.24) is 9.88 Å². The van der Waals surface area contributed by atoms with Crippen LogP contribution in [0.2, 0.25) is 0 Å². The molecule has 0 N–H and O–H groups in total. The Morgan fingerprint density at radius 2 is 2.09 bits per heavy atom. The Kier molecular flexibility index (Phi) is 2.18. The standard InChI is InChI=1S/C19H19N3/c1-11(2)13-7-6-12-9-16-21(3)10-15-14-5-4-8-20-18(14)17(13)19(12)22(15)16/h4-8,10-11,16H,9H2,1-3H3. The van der Waals surface area contributed by atoms with E-state index < -0.39 is 0 Å². The van der Waals surface area contributed by atoms with Gasteiger partial charge in [0, 0.05) is 37.0 Å². The van der Waals surface area contributed by atoms with Crippen molar-refractivity contribution < 1.29 is 0 Å². The normalized spacial score (nSPS) is 20.4. The second-order valence-corrected chi connectivity index (χ2v) is 6.83. The van der Waals surface area contributed by atoms with Gasteiger partial charge in [-0.15, -0.1) is 0 Å². The predicted octanol–water partition coefficient (Wildman–Crippen LogP) is 3.82. The average Bonchev–Trinajstić information content (AvgIpc) is 3.05. The molecule has 1 atom stereocenters. The van der Waals surface area contributed by atoms with Crippen LogP contribution in [0, 0.1) is 0 Å². The average molecular weight is 289 g/mol. The fourth-order valence-corrected chi connectivity index (χ4v) is 4.22. The number of rotatable bonds is 1. The summed E-state index contributed by atoms with van der Waals surface area (Å²) >= 11 is 0. The maximum Gasteiger partial charge on any atom is 0.110 e. The summed E-state index contributed by atoms with van der Waals surface area (Å²) < 4.78 is 0. The van der Waals surface area contributed by atoms with Gasteiger partial charge in [-0.3, -0.25) is 4.98 Å². The number of fused-ring (bicyclic) bond motifs is 3. The van der Waals surface area contributed by atoms with E-state index in [1.807, 2.05) is 12.3 Å². The Balaban J connectivity index is 1.92. The van der Waals surface area contributed by atoms with Crippen molar-refractivity contribution in [3.8, 4) is 11.3 Å². The molecule has 5 rings (SSSR count). The van der Waals surface area contributed by atoms with Crippen LogP contribution in [0.5, 0.6) is 0 Å². The molecular weight excluding hydrogens is 270 g/mol. The number of benzene rings is 1. The van der Waals surface area contributed by atoms with E-state index in [2.05, 4.69) is 55.1 Å². The number of hydrogen-bond acceptors (Lipinski definition) is 3. The zero-order chi connectivity index (χ0) is 15.0. The van der Waals surface area contributed by atoms with Crippen LogP contribution in [-0.2, 0) is 6.42 Å². The van der Waals surface area contributed by atoms with E-state index in [9.17, 15) is 0 Å². The number of hydrogen-bond donors (Lipinski definition) is 0. The zero-order valence-electron chi connectivity index (χ0n) is 13.2. The summed E-state index contributed by atoms with van der Waals surface area (Å²) in [5.41, 5.74) is 9.36. The van der Waals surface area contributed by atoms with Crippen molar-refractivity contribution in [2.75, 3.05) is 11.9 Å². The summed E-state index contributed by atoms with van der Waals surface area (Å²) in [4.78, 5) is 9.63. The molecular formula is C19H19N3. The molecule has 0 fully saturated rings. The Labute approximate surface area is 130 Å². The number of likely N-dealkylation sites (N-methyl/N-ethyl adjacent to an activating group) is 1. The SMILES string of the molecule is CC(C)c1ccc2c3c1-c1ncccc1C1=CN(C)C(C2)N13. The minimum absolute atomic E-state index is 0.430. The van der Waals surface area contributed by atoms with Gasteiger partial charge >= 0.3 is 0 Å². The van der Waals surface area contributed by atoms with Gasteiger partial charge < -0.3 is 9.80 Å². The van der Waals surface area contributed by atoms with Crippen molar-refractivity contribution in [3.05, 3.63) is 53.4 Å². The zero-order valence-corrected chi connectivity index (χ0v) is 13.2. The summed E-state index contributed by atoms with van der Waals surface area (Å²) in [5, 5.41) is 0. The lowest BCUT2D eigenvalue weighted by Crippen LogP contribution is -2.35. The van der Waals surface area contributed by atoms with E-state index in [1.54, 1.807) is 0 Å². The lowest BCUT2D eigenvalue weighted by atomic mass is 9.87. The fraction of sp³-hybridized carbons (Fsp3) is 0.316.